The zero-order valence-corrected chi connectivity index (χ0v) is 15.4. The number of aryl methyl sites for hydroxylation is 1. The molecule has 0 bridgehead atoms. The van der Waals surface area contributed by atoms with Gasteiger partial charge >= 0.3 is 0 Å². The lowest BCUT2D eigenvalue weighted by molar-refractivity contribution is -0.384. The molecule has 0 fully saturated rings. The van der Waals surface area contributed by atoms with Crippen LogP contribution in [0.25, 0.3) is 11.4 Å². The Labute approximate surface area is 155 Å². The number of hydrogen-bond donors (Lipinski definition) is 0. The summed E-state index contributed by atoms with van der Waals surface area (Å²) in [6.45, 7) is 1.83. The summed E-state index contributed by atoms with van der Waals surface area (Å²) in [6.07, 6.45) is 0. The van der Waals surface area contributed by atoms with Crippen LogP contribution in [0.4, 0.5) is 5.69 Å². The van der Waals surface area contributed by atoms with Gasteiger partial charge in [0.2, 0.25) is 21.7 Å². The third-order valence-electron chi connectivity index (χ3n) is 3.89. The highest BCUT2D eigenvalue weighted by Crippen LogP contribution is 2.21. The van der Waals surface area contributed by atoms with Crippen LogP contribution in [0.2, 0.25) is 0 Å². The second-order valence-electron chi connectivity index (χ2n) is 5.89. The molecule has 0 saturated carbocycles. The van der Waals surface area contributed by atoms with E-state index in [4.69, 9.17) is 4.52 Å². The lowest BCUT2D eigenvalue weighted by Crippen LogP contribution is -2.26. The molecular formula is C17H16N4O5S. The Morgan fingerprint density at radius 3 is 2.33 bits per heavy atom. The van der Waals surface area contributed by atoms with Gasteiger partial charge in [-0.15, -0.1) is 0 Å². The molecule has 1 heterocycles. The third-order valence-corrected chi connectivity index (χ3v) is 5.71. The first-order chi connectivity index (χ1) is 12.8. The van der Waals surface area contributed by atoms with Gasteiger partial charge in [-0.3, -0.25) is 10.1 Å². The lowest BCUT2D eigenvalue weighted by Gasteiger charge is -2.14. The Balaban J connectivity index is 1.77. The summed E-state index contributed by atoms with van der Waals surface area (Å²) in [6, 6.07) is 12.2. The molecule has 0 spiro atoms. The number of aromatic nitrogens is 2. The van der Waals surface area contributed by atoms with Crippen molar-refractivity contribution in [2.24, 2.45) is 0 Å². The van der Waals surface area contributed by atoms with Crippen LogP contribution >= 0.6 is 0 Å². The van der Waals surface area contributed by atoms with Gasteiger partial charge < -0.3 is 4.52 Å². The molecule has 0 radical (unpaired) electrons. The Kier molecular flexibility index (Phi) is 5.02. The van der Waals surface area contributed by atoms with E-state index >= 15 is 0 Å². The van der Waals surface area contributed by atoms with Gasteiger partial charge in [0, 0.05) is 24.7 Å². The van der Waals surface area contributed by atoms with Crippen molar-refractivity contribution >= 4 is 15.7 Å². The van der Waals surface area contributed by atoms with E-state index in [1.165, 1.54) is 19.2 Å². The highest BCUT2D eigenvalue weighted by Gasteiger charge is 2.24. The van der Waals surface area contributed by atoms with Gasteiger partial charge in [0.15, 0.2) is 0 Å². The average molecular weight is 388 g/mol. The first kappa shape index (κ1) is 18.7. The van der Waals surface area contributed by atoms with Crippen molar-refractivity contribution in [3.8, 4) is 11.4 Å². The predicted octanol–water partition coefficient (Wildman–Crippen LogP) is 2.77. The van der Waals surface area contributed by atoms with E-state index < -0.39 is 14.9 Å². The van der Waals surface area contributed by atoms with Crippen LogP contribution in [-0.2, 0) is 16.6 Å². The molecule has 140 valence electrons. The number of benzene rings is 2. The monoisotopic (exact) mass is 388 g/mol. The summed E-state index contributed by atoms with van der Waals surface area (Å²) in [5, 5.41) is 14.6. The van der Waals surface area contributed by atoms with E-state index in [9.17, 15) is 18.5 Å². The van der Waals surface area contributed by atoms with Crippen molar-refractivity contribution < 1.29 is 17.9 Å². The molecule has 0 N–H and O–H groups in total. The van der Waals surface area contributed by atoms with E-state index in [1.807, 2.05) is 31.2 Å². The van der Waals surface area contributed by atoms with Crippen LogP contribution < -0.4 is 0 Å². The minimum Gasteiger partial charge on any atom is -0.338 e. The van der Waals surface area contributed by atoms with Gasteiger partial charge in [-0.1, -0.05) is 35.0 Å². The molecule has 27 heavy (non-hydrogen) atoms. The number of rotatable bonds is 6. The number of nitro groups is 1. The van der Waals surface area contributed by atoms with Crippen molar-refractivity contribution in [3.05, 3.63) is 70.1 Å². The summed E-state index contributed by atoms with van der Waals surface area (Å²) in [7, 11) is -2.49. The highest BCUT2D eigenvalue weighted by atomic mass is 32.2. The van der Waals surface area contributed by atoms with Gasteiger partial charge in [0.25, 0.3) is 5.69 Å². The Morgan fingerprint density at radius 1 is 1.11 bits per heavy atom. The Hall–Kier alpha value is -3.11. The maximum atomic E-state index is 12.6. The standard InChI is InChI=1S/C17H16N4O5S/c1-12-3-5-13(6-4-12)17-18-16(26-19-17)11-20(2)27(24,25)15-9-7-14(8-10-15)21(22)23/h3-10H,11H2,1-2H3. The van der Waals surface area contributed by atoms with Crippen molar-refractivity contribution in [2.75, 3.05) is 7.05 Å². The summed E-state index contributed by atoms with van der Waals surface area (Å²) in [4.78, 5) is 14.3. The van der Waals surface area contributed by atoms with Crippen molar-refractivity contribution in [2.45, 2.75) is 18.4 Å². The fourth-order valence-corrected chi connectivity index (χ4v) is 3.45. The number of nitrogens with zero attached hydrogens (tertiary/aromatic N) is 4. The quantitative estimate of drug-likeness (QED) is 0.470. The SMILES string of the molecule is Cc1ccc(-c2noc(CN(C)S(=O)(=O)c3ccc([N+](=O)[O-])cc3)n2)cc1. The van der Waals surface area contributed by atoms with Gasteiger partial charge in [-0.25, -0.2) is 8.42 Å². The van der Waals surface area contributed by atoms with Gasteiger partial charge in [-0.05, 0) is 19.1 Å². The van der Waals surface area contributed by atoms with E-state index in [0.29, 0.717) is 5.82 Å². The Morgan fingerprint density at radius 2 is 1.74 bits per heavy atom. The molecule has 0 unspecified atom stereocenters. The summed E-state index contributed by atoms with van der Waals surface area (Å²) in [5.41, 5.74) is 1.67. The zero-order valence-electron chi connectivity index (χ0n) is 14.6. The molecule has 0 amide bonds. The Bertz CT molecular complexity index is 1060. The molecule has 0 aliphatic rings. The van der Waals surface area contributed by atoms with Crippen LogP contribution in [0, 0.1) is 17.0 Å². The maximum absolute atomic E-state index is 12.6. The van der Waals surface area contributed by atoms with Gasteiger partial charge in [-0.2, -0.15) is 9.29 Å². The topological polar surface area (TPSA) is 119 Å². The smallest absolute Gasteiger partial charge is 0.269 e. The second kappa shape index (κ2) is 7.25. The van der Waals surface area contributed by atoms with E-state index in [2.05, 4.69) is 10.1 Å². The largest absolute Gasteiger partial charge is 0.338 e. The molecule has 0 aliphatic carbocycles. The number of sulfonamides is 1. The minimum absolute atomic E-state index is 0.0612. The summed E-state index contributed by atoms with van der Waals surface area (Å²) in [5.74, 6) is 0.504. The fourth-order valence-electron chi connectivity index (χ4n) is 2.33. The van der Waals surface area contributed by atoms with Gasteiger partial charge in [0.1, 0.15) is 0 Å². The molecule has 0 saturated heterocycles. The first-order valence-corrected chi connectivity index (χ1v) is 9.32. The van der Waals surface area contributed by atoms with E-state index in [-0.39, 0.29) is 23.0 Å². The second-order valence-corrected chi connectivity index (χ2v) is 7.93. The molecule has 3 rings (SSSR count). The molecule has 1 aromatic heterocycles. The van der Waals surface area contributed by atoms with Crippen LogP contribution in [0.1, 0.15) is 11.5 Å². The predicted molar refractivity (Wildman–Crippen MR) is 96.2 cm³/mol. The minimum atomic E-state index is -3.86. The average Bonchev–Trinajstić information content (AvgIpc) is 3.10. The van der Waals surface area contributed by atoms with Crippen molar-refractivity contribution in [1.29, 1.82) is 0 Å². The number of hydrogen-bond acceptors (Lipinski definition) is 7. The molecule has 0 aliphatic heterocycles. The molecule has 3 aromatic rings. The van der Waals surface area contributed by atoms with Crippen LogP contribution in [0.5, 0.6) is 0 Å². The molecule has 2 aromatic carbocycles. The molecule has 0 atom stereocenters. The molecular weight excluding hydrogens is 372 g/mol. The first-order valence-electron chi connectivity index (χ1n) is 7.88. The van der Waals surface area contributed by atoms with Crippen molar-refractivity contribution in [1.82, 2.24) is 14.4 Å². The molecule has 10 heteroatoms. The van der Waals surface area contributed by atoms with E-state index in [1.54, 1.807) is 0 Å². The van der Waals surface area contributed by atoms with Crippen LogP contribution in [-0.4, -0.2) is 34.8 Å². The zero-order chi connectivity index (χ0) is 19.6. The molecule has 9 nitrogen and oxygen atoms in total. The van der Waals surface area contributed by atoms with Gasteiger partial charge in [0.05, 0.1) is 16.4 Å². The van der Waals surface area contributed by atoms with Crippen LogP contribution in [0.3, 0.4) is 0 Å². The third kappa shape index (κ3) is 4.01. The normalized spacial score (nSPS) is 11.7. The number of non-ortho nitro benzene ring substituents is 1. The fraction of sp³-hybridized carbons (Fsp3) is 0.176. The number of nitro benzene ring substituents is 1. The summed E-state index contributed by atoms with van der Waals surface area (Å²) < 4.78 is 31.4. The maximum Gasteiger partial charge on any atom is 0.269 e. The van der Waals surface area contributed by atoms with Crippen molar-refractivity contribution in [3.63, 3.8) is 0 Å². The summed E-state index contributed by atoms with van der Waals surface area (Å²) >= 11 is 0. The lowest BCUT2D eigenvalue weighted by atomic mass is 10.1. The van der Waals surface area contributed by atoms with E-state index in [0.717, 1.165) is 27.6 Å². The highest BCUT2D eigenvalue weighted by molar-refractivity contribution is 7.89. The van der Waals surface area contributed by atoms with Crippen LogP contribution in [0.15, 0.2) is 57.9 Å².